The Morgan fingerprint density at radius 1 is 1.22 bits per heavy atom. The van der Waals surface area contributed by atoms with E-state index in [0.29, 0.717) is 0 Å². The lowest BCUT2D eigenvalue weighted by molar-refractivity contribution is -0.392. The third-order valence-electron chi connectivity index (χ3n) is 2.05. The molecule has 9 heteroatoms. The molecular weight excluding hydrogens is 246 g/mol. The Morgan fingerprint density at radius 3 is 2.11 bits per heavy atom. The molecule has 0 radical (unpaired) electrons. The second-order valence-corrected chi connectivity index (χ2v) is 3.26. The Kier molecular flexibility index (Phi) is 4.13. The highest BCUT2D eigenvalue weighted by Gasteiger charge is 2.24. The van der Waals surface area contributed by atoms with Crippen LogP contribution in [0.25, 0.3) is 0 Å². The van der Waals surface area contributed by atoms with Crippen LogP contribution in [0.4, 0.5) is 17.1 Å². The molecule has 2 N–H and O–H groups in total. The first-order valence-electron chi connectivity index (χ1n) is 4.81. The molecule has 1 aromatic carbocycles. The maximum atomic E-state index is 10.7. The molecule has 0 aliphatic rings. The van der Waals surface area contributed by atoms with Crippen molar-refractivity contribution in [3.63, 3.8) is 0 Å². The summed E-state index contributed by atoms with van der Waals surface area (Å²) in [5, 5.41) is 32.3. The molecule has 0 unspecified atom stereocenters. The zero-order valence-electron chi connectivity index (χ0n) is 9.03. The Balaban J connectivity index is 3.07. The van der Waals surface area contributed by atoms with Gasteiger partial charge in [-0.3, -0.25) is 25.0 Å². The third-order valence-corrected chi connectivity index (χ3v) is 2.05. The van der Waals surface area contributed by atoms with Crippen LogP contribution in [0.5, 0.6) is 0 Å². The number of carboxylic acid groups (broad SMARTS) is 1. The molecule has 18 heavy (non-hydrogen) atoms. The van der Waals surface area contributed by atoms with Crippen molar-refractivity contribution in [1.82, 2.24) is 0 Å². The molecular formula is C9H9N3O6. The van der Waals surface area contributed by atoms with Gasteiger partial charge in [0.1, 0.15) is 0 Å². The van der Waals surface area contributed by atoms with Crippen LogP contribution in [-0.4, -0.2) is 27.5 Å². The zero-order valence-corrected chi connectivity index (χ0v) is 9.03. The topological polar surface area (TPSA) is 136 Å². The summed E-state index contributed by atoms with van der Waals surface area (Å²) in [5.41, 5.74) is -1.21. The smallest absolute Gasteiger partial charge is 0.305 e. The van der Waals surface area contributed by atoms with Crippen molar-refractivity contribution in [2.24, 2.45) is 0 Å². The van der Waals surface area contributed by atoms with Crippen molar-refractivity contribution in [3.8, 4) is 0 Å². The monoisotopic (exact) mass is 255 g/mol. The number of para-hydroxylation sites is 1. The van der Waals surface area contributed by atoms with Gasteiger partial charge in [0.2, 0.25) is 0 Å². The highest BCUT2D eigenvalue weighted by atomic mass is 16.6. The van der Waals surface area contributed by atoms with Gasteiger partial charge in [-0.1, -0.05) is 0 Å². The third kappa shape index (κ3) is 3.14. The molecule has 0 aliphatic carbocycles. The van der Waals surface area contributed by atoms with E-state index in [-0.39, 0.29) is 18.7 Å². The van der Waals surface area contributed by atoms with Gasteiger partial charge in [0.05, 0.1) is 16.3 Å². The molecule has 0 aromatic heterocycles. The van der Waals surface area contributed by atoms with Crippen molar-refractivity contribution in [2.45, 2.75) is 6.42 Å². The SMILES string of the molecule is O=C(O)CCNc1c([N+](=O)[O-])cccc1[N+](=O)[O-]. The molecule has 0 amide bonds. The lowest BCUT2D eigenvalue weighted by atomic mass is 10.2. The maximum absolute atomic E-state index is 10.7. The number of benzene rings is 1. The summed E-state index contributed by atoms with van der Waals surface area (Å²) >= 11 is 0. The summed E-state index contributed by atoms with van der Waals surface area (Å²) in [6, 6.07) is 3.41. The minimum atomic E-state index is -1.11. The summed E-state index contributed by atoms with van der Waals surface area (Å²) in [7, 11) is 0. The first kappa shape index (κ1) is 13.4. The lowest BCUT2D eigenvalue weighted by Crippen LogP contribution is -2.10. The van der Waals surface area contributed by atoms with Gasteiger partial charge in [-0.25, -0.2) is 0 Å². The van der Waals surface area contributed by atoms with Crippen LogP contribution in [0.15, 0.2) is 18.2 Å². The van der Waals surface area contributed by atoms with Crippen LogP contribution >= 0.6 is 0 Å². The highest BCUT2D eigenvalue weighted by molar-refractivity contribution is 5.74. The van der Waals surface area contributed by atoms with Gasteiger partial charge in [0.25, 0.3) is 11.4 Å². The van der Waals surface area contributed by atoms with Crippen LogP contribution in [0, 0.1) is 20.2 Å². The van der Waals surface area contributed by atoms with Crippen molar-refractivity contribution < 1.29 is 19.7 Å². The van der Waals surface area contributed by atoms with Crippen LogP contribution in [-0.2, 0) is 4.79 Å². The highest BCUT2D eigenvalue weighted by Crippen LogP contribution is 2.33. The number of hydrogen-bond donors (Lipinski definition) is 2. The summed E-state index contributed by atoms with van der Waals surface area (Å²) in [6.07, 6.45) is -0.302. The molecule has 9 nitrogen and oxygen atoms in total. The van der Waals surface area contributed by atoms with Gasteiger partial charge < -0.3 is 10.4 Å². The van der Waals surface area contributed by atoms with E-state index in [4.69, 9.17) is 5.11 Å². The van der Waals surface area contributed by atoms with E-state index in [0.717, 1.165) is 12.1 Å². The van der Waals surface area contributed by atoms with E-state index in [1.807, 2.05) is 0 Å². The van der Waals surface area contributed by atoms with Crippen molar-refractivity contribution in [2.75, 3.05) is 11.9 Å². The van der Waals surface area contributed by atoms with Crippen LogP contribution in [0.3, 0.4) is 0 Å². The molecule has 0 saturated heterocycles. The lowest BCUT2D eigenvalue weighted by Gasteiger charge is -2.05. The van der Waals surface area contributed by atoms with Gasteiger partial charge in [-0.15, -0.1) is 0 Å². The number of nitrogens with one attached hydrogen (secondary N) is 1. The number of hydrogen-bond acceptors (Lipinski definition) is 6. The van der Waals surface area contributed by atoms with Gasteiger partial charge in [0.15, 0.2) is 5.69 Å². The second kappa shape index (κ2) is 5.57. The van der Waals surface area contributed by atoms with Crippen LogP contribution in [0.1, 0.15) is 6.42 Å². The Morgan fingerprint density at radius 2 is 1.72 bits per heavy atom. The zero-order chi connectivity index (χ0) is 13.7. The van der Waals surface area contributed by atoms with E-state index in [1.54, 1.807) is 0 Å². The van der Waals surface area contributed by atoms with Crippen molar-refractivity contribution in [3.05, 3.63) is 38.4 Å². The first-order chi connectivity index (χ1) is 8.43. The van der Waals surface area contributed by atoms with E-state index < -0.39 is 27.2 Å². The molecule has 1 aromatic rings. The van der Waals surface area contributed by atoms with Crippen LogP contribution in [0.2, 0.25) is 0 Å². The predicted molar refractivity (Wildman–Crippen MR) is 60.5 cm³/mol. The number of nitro groups is 2. The van der Waals surface area contributed by atoms with Gasteiger partial charge in [-0.2, -0.15) is 0 Å². The molecule has 0 atom stereocenters. The average Bonchev–Trinajstić information content (AvgIpc) is 2.28. The van der Waals surface area contributed by atoms with E-state index in [9.17, 15) is 25.0 Å². The Labute approximate surface area is 100 Å². The second-order valence-electron chi connectivity index (χ2n) is 3.26. The number of carboxylic acids is 1. The average molecular weight is 255 g/mol. The summed E-state index contributed by atoms with van der Waals surface area (Å²) in [5.74, 6) is -1.11. The largest absolute Gasteiger partial charge is 0.481 e. The first-order valence-corrected chi connectivity index (χ1v) is 4.81. The number of carbonyl (C=O) groups is 1. The summed E-state index contributed by atoms with van der Waals surface area (Å²) < 4.78 is 0. The number of nitro benzene ring substituents is 2. The Bertz CT molecular complexity index is 469. The fraction of sp³-hybridized carbons (Fsp3) is 0.222. The molecule has 96 valence electrons. The summed E-state index contributed by atoms with van der Waals surface area (Å²) in [6.45, 7) is -0.138. The molecule has 0 aliphatic heterocycles. The van der Waals surface area contributed by atoms with E-state index >= 15 is 0 Å². The van der Waals surface area contributed by atoms with E-state index in [1.165, 1.54) is 6.07 Å². The number of nitrogens with zero attached hydrogens (tertiary/aromatic N) is 2. The molecule has 0 heterocycles. The van der Waals surface area contributed by atoms with Gasteiger partial charge >= 0.3 is 5.97 Å². The van der Waals surface area contributed by atoms with Crippen molar-refractivity contribution in [1.29, 1.82) is 0 Å². The normalized spacial score (nSPS) is 9.78. The fourth-order valence-electron chi connectivity index (χ4n) is 1.31. The number of aliphatic carboxylic acids is 1. The molecule has 1 rings (SSSR count). The van der Waals surface area contributed by atoms with Gasteiger partial charge in [0, 0.05) is 18.7 Å². The van der Waals surface area contributed by atoms with Crippen molar-refractivity contribution >= 4 is 23.0 Å². The quantitative estimate of drug-likeness (QED) is 0.578. The minimum absolute atomic E-state index is 0.138. The van der Waals surface area contributed by atoms with Gasteiger partial charge in [-0.05, 0) is 6.07 Å². The molecule has 0 bridgehead atoms. The maximum Gasteiger partial charge on any atom is 0.305 e. The minimum Gasteiger partial charge on any atom is -0.481 e. The number of anilines is 1. The van der Waals surface area contributed by atoms with E-state index in [2.05, 4.69) is 5.32 Å². The predicted octanol–water partition coefficient (Wildman–Crippen LogP) is 1.39. The Hall–Kier alpha value is -2.71. The summed E-state index contributed by atoms with van der Waals surface area (Å²) in [4.78, 5) is 30.2. The molecule has 0 saturated carbocycles. The molecule has 0 fully saturated rings. The van der Waals surface area contributed by atoms with Crippen LogP contribution < -0.4 is 5.32 Å². The molecule has 0 spiro atoms. The number of rotatable bonds is 6. The standard InChI is InChI=1S/C9H9N3O6/c13-8(14)4-5-10-9-6(11(15)16)2-1-3-7(9)12(17)18/h1-3,10H,4-5H2,(H,13,14). The fourth-order valence-corrected chi connectivity index (χ4v) is 1.31.